The molecule has 2 aliphatic heterocycles. The van der Waals surface area contributed by atoms with Crippen LogP contribution in [0, 0.1) is 0 Å². The molecule has 1 aromatic heterocycles. The van der Waals surface area contributed by atoms with Crippen LogP contribution in [0.15, 0.2) is 12.3 Å². The second-order valence-corrected chi connectivity index (χ2v) is 6.44. The number of aryl methyl sites for hydroxylation is 1. The molecule has 1 aromatic rings. The van der Waals surface area contributed by atoms with Gasteiger partial charge in [0.15, 0.2) is 0 Å². The Bertz CT molecular complexity index is 524. The van der Waals surface area contributed by atoms with E-state index in [-0.39, 0.29) is 5.91 Å². The molecule has 0 aliphatic carbocycles. The van der Waals surface area contributed by atoms with E-state index in [4.69, 9.17) is 5.73 Å². The lowest BCUT2D eigenvalue weighted by Gasteiger charge is -2.26. The molecule has 116 valence electrons. The smallest absolute Gasteiger partial charge is 0.270 e. The molecular weight excluding hydrogens is 264 g/mol. The van der Waals surface area contributed by atoms with Gasteiger partial charge in [-0.25, -0.2) is 0 Å². The third-order valence-corrected chi connectivity index (χ3v) is 5.04. The minimum atomic E-state index is 0.140. The van der Waals surface area contributed by atoms with Crippen LogP contribution in [0.25, 0.3) is 0 Å². The van der Waals surface area contributed by atoms with Gasteiger partial charge in [-0.05, 0) is 38.8 Å². The molecule has 0 radical (unpaired) electrons. The molecule has 5 nitrogen and oxygen atoms in total. The van der Waals surface area contributed by atoms with Crippen molar-refractivity contribution in [3.05, 3.63) is 18.0 Å². The summed E-state index contributed by atoms with van der Waals surface area (Å²) in [5.74, 6) is 0.140. The highest BCUT2D eigenvalue weighted by Crippen LogP contribution is 2.29. The Balaban J connectivity index is 1.79. The maximum absolute atomic E-state index is 12.9. The topological polar surface area (TPSA) is 54.5 Å². The molecule has 2 unspecified atom stereocenters. The maximum Gasteiger partial charge on any atom is 0.270 e. The first-order valence-corrected chi connectivity index (χ1v) is 8.07. The van der Waals surface area contributed by atoms with E-state index in [0.29, 0.717) is 17.8 Å². The van der Waals surface area contributed by atoms with Crippen LogP contribution in [0.5, 0.6) is 0 Å². The van der Waals surface area contributed by atoms with Gasteiger partial charge in [-0.15, -0.1) is 0 Å². The van der Waals surface area contributed by atoms with Gasteiger partial charge in [0.25, 0.3) is 5.91 Å². The lowest BCUT2D eigenvalue weighted by atomic mass is 10.1. The molecule has 2 N–H and O–H groups in total. The van der Waals surface area contributed by atoms with Crippen LogP contribution < -0.4 is 5.73 Å². The van der Waals surface area contributed by atoms with Crippen molar-refractivity contribution in [3.8, 4) is 0 Å². The van der Waals surface area contributed by atoms with Crippen molar-refractivity contribution in [3.63, 3.8) is 0 Å². The minimum Gasteiger partial charge on any atom is -0.397 e. The molecule has 2 aliphatic rings. The summed E-state index contributed by atoms with van der Waals surface area (Å²) in [6, 6.07) is 3.00. The normalized spacial score (nSPS) is 26.1. The fraction of sp³-hybridized carbons (Fsp3) is 0.688. The Morgan fingerprint density at radius 3 is 2.86 bits per heavy atom. The first kappa shape index (κ1) is 14.4. The summed E-state index contributed by atoms with van der Waals surface area (Å²) in [4.78, 5) is 17.4. The highest BCUT2D eigenvalue weighted by molar-refractivity contribution is 5.94. The van der Waals surface area contributed by atoms with Crippen LogP contribution >= 0.6 is 0 Å². The quantitative estimate of drug-likeness (QED) is 0.923. The van der Waals surface area contributed by atoms with E-state index in [0.717, 1.165) is 38.2 Å². The molecule has 21 heavy (non-hydrogen) atoms. The van der Waals surface area contributed by atoms with Crippen molar-refractivity contribution >= 4 is 11.6 Å². The number of hydrogen-bond donors (Lipinski definition) is 1. The van der Waals surface area contributed by atoms with Crippen molar-refractivity contribution in [1.82, 2.24) is 14.4 Å². The van der Waals surface area contributed by atoms with Crippen molar-refractivity contribution in [1.29, 1.82) is 0 Å². The number of carbonyl (C=O) groups is 1. The number of likely N-dealkylation sites (N-methyl/N-ethyl adjacent to an activating group) is 1. The van der Waals surface area contributed by atoms with E-state index in [1.807, 2.05) is 21.7 Å². The Kier molecular flexibility index (Phi) is 3.93. The average molecular weight is 290 g/mol. The number of nitrogens with zero attached hydrogens (tertiary/aromatic N) is 3. The second kappa shape index (κ2) is 5.72. The Hall–Kier alpha value is -1.49. The van der Waals surface area contributed by atoms with Crippen LogP contribution in [-0.4, -0.2) is 52.5 Å². The summed E-state index contributed by atoms with van der Waals surface area (Å²) < 4.78 is 2.00. The number of rotatable bonds is 3. The number of aromatic nitrogens is 1. The number of nitrogen functional groups attached to an aromatic ring is 1. The Morgan fingerprint density at radius 1 is 1.33 bits per heavy atom. The average Bonchev–Trinajstić information content (AvgIpc) is 2.90. The zero-order chi connectivity index (χ0) is 15.0. The number of likely N-dealkylation sites (tertiary alicyclic amines) is 1. The number of fused-ring (bicyclic) bond motifs is 2. The third-order valence-electron chi connectivity index (χ3n) is 5.04. The molecule has 2 atom stereocenters. The molecule has 3 rings (SSSR count). The fourth-order valence-corrected chi connectivity index (χ4v) is 3.79. The van der Waals surface area contributed by atoms with Gasteiger partial charge < -0.3 is 15.2 Å². The molecule has 2 bridgehead atoms. The van der Waals surface area contributed by atoms with E-state index in [9.17, 15) is 4.79 Å². The van der Waals surface area contributed by atoms with Crippen molar-refractivity contribution < 1.29 is 4.79 Å². The van der Waals surface area contributed by atoms with Gasteiger partial charge in [-0.1, -0.05) is 6.92 Å². The predicted octanol–water partition coefficient (Wildman–Crippen LogP) is 1.79. The molecule has 1 amide bonds. The SMILES string of the molecule is CCCn1cc(N)cc1C(=O)N1CCC2CCC(C1)N2C. The number of amides is 1. The Labute approximate surface area is 126 Å². The fourth-order valence-electron chi connectivity index (χ4n) is 3.79. The lowest BCUT2D eigenvalue weighted by molar-refractivity contribution is 0.0729. The first-order chi connectivity index (χ1) is 10.1. The molecule has 0 spiro atoms. The number of hydrogen-bond acceptors (Lipinski definition) is 3. The molecular formula is C16H26N4O. The van der Waals surface area contributed by atoms with Crippen molar-refractivity contribution in [2.45, 2.75) is 51.2 Å². The monoisotopic (exact) mass is 290 g/mol. The molecule has 2 saturated heterocycles. The van der Waals surface area contributed by atoms with Gasteiger partial charge >= 0.3 is 0 Å². The van der Waals surface area contributed by atoms with E-state index >= 15 is 0 Å². The predicted molar refractivity (Wildman–Crippen MR) is 84.2 cm³/mol. The summed E-state index contributed by atoms with van der Waals surface area (Å²) in [6.45, 7) is 4.67. The largest absolute Gasteiger partial charge is 0.397 e. The van der Waals surface area contributed by atoms with Crippen molar-refractivity contribution in [2.75, 3.05) is 25.9 Å². The van der Waals surface area contributed by atoms with E-state index in [1.54, 1.807) is 0 Å². The third kappa shape index (κ3) is 2.67. The number of nitrogens with two attached hydrogens (primary N) is 1. The van der Waals surface area contributed by atoms with Crippen LogP contribution in [0.1, 0.15) is 43.1 Å². The lowest BCUT2D eigenvalue weighted by Crippen LogP contribution is -2.40. The maximum atomic E-state index is 12.9. The summed E-state index contributed by atoms with van der Waals surface area (Å²) >= 11 is 0. The molecule has 2 fully saturated rings. The van der Waals surface area contributed by atoms with Gasteiger partial charge in [-0.3, -0.25) is 9.69 Å². The van der Waals surface area contributed by atoms with E-state index in [2.05, 4.69) is 18.9 Å². The van der Waals surface area contributed by atoms with Gasteiger partial charge in [0, 0.05) is 37.9 Å². The van der Waals surface area contributed by atoms with E-state index in [1.165, 1.54) is 12.8 Å². The highest BCUT2D eigenvalue weighted by atomic mass is 16.2. The number of carbonyl (C=O) groups excluding carboxylic acids is 1. The molecule has 0 aromatic carbocycles. The summed E-state index contributed by atoms with van der Waals surface area (Å²) in [7, 11) is 2.20. The van der Waals surface area contributed by atoms with Gasteiger partial charge in [-0.2, -0.15) is 0 Å². The molecule has 3 heterocycles. The Morgan fingerprint density at radius 2 is 2.10 bits per heavy atom. The van der Waals surface area contributed by atoms with Gasteiger partial charge in [0.2, 0.25) is 0 Å². The van der Waals surface area contributed by atoms with Crippen LogP contribution in [0.4, 0.5) is 5.69 Å². The highest BCUT2D eigenvalue weighted by Gasteiger charge is 2.36. The number of anilines is 1. The van der Waals surface area contributed by atoms with Crippen LogP contribution in [-0.2, 0) is 6.54 Å². The first-order valence-electron chi connectivity index (χ1n) is 8.07. The van der Waals surface area contributed by atoms with Crippen LogP contribution in [0.3, 0.4) is 0 Å². The van der Waals surface area contributed by atoms with E-state index < -0.39 is 0 Å². The van der Waals surface area contributed by atoms with Gasteiger partial charge in [0.1, 0.15) is 5.69 Å². The van der Waals surface area contributed by atoms with Crippen molar-refractivity contribution in [2.24, 2.45) is 0 Å². The zero-order valence-electron chi connectivity index (χ0n) is 13.1. The molecule has 5 heteroatoms. The summed E-state index contributed by atoms with van der Waals surface area (Å²) in [6.07, 6.45) is 6.46. The van der Waals surface area contributed by atoms with Crippen LogP contribution in [0.2, 0.25) is 0 Å². The van der Waals surface area contributed by atoms with Gasteiger partial charge in [0.05, 0.1) is 5.69 Å². The zero-order valence-corrected chi connectivity index (χ0v) is 13.1. The standard InChI is InChI=1S/C16H26N4O/c1-3-7-19-10-12(17)9-15(19)16(21)20-8-6-13-4-5-14(11-20)18(13)2/h9-10,13-14H,3-8,11,17H2,1-2H3. The molecule has 0 saturated carbocycles. The second-order valence-electron chi connectivity index (χ2n) is 6.44. The minimum absolute atomic E-state index is 0.140. The summed E-state index contributed by atoms with van der Waals surface area (Å²) in [5.41, 5.74) is 7.32. The summed E-state index contributed by atoms with van der Waals surface area (Å²) in [5, 5.41) is 0.